The highest BCUT2D eigenvalue weighted by Gasteiger charge is 2.80. The first-order chi connectivity index (χ1) is 9.06. The van der Waals surface area contributed by atoms with Gasteiger partial charge in [0.1, 0.15) is 4.51 Å². The molecule has 2 nitrogen and oxygen atoms in total. The van der Waals surface area contributed by atoms with Gasteiger partial charge in [-0.3, -0.25) is 0 Å². The average molecular weight is 388 g/mol. The number of alkyl halides is 2. The van der Waals surface area contributed by atoms with Gasteiger partial charge in [-0.15, -0.1) is 6.42 Å². The Balaban J connectivity index is 1.85. The zero-order valence-electron chi connectivity index (χ0n) is 10.7. The Morgan fingerprint density at radius 2 is 2.21 bits per heavy atom. The normalized spacial score (nSPS) is 61.2. The lowest BCUT2D eigenvalue weighted by Crippen LogP contribution is -2.47. The Kier molecular flexibility index (Phi) is 2.63. The van der Waals surface area contributed by atoms with Gasteiger partial charge in [0.15, 0.2) is 0 Å². The molecule has 3 heterocycles. The molecule has 5 unspecified atom stereocenters. The number of ether oxygens (including phenoxy) is 2. The molecular formula is C15H16Br2O2. The van der Waals surface area contributed by atoms with E-state index in [1.54, 1.807) is 0 Å². The second kappa shape index (κ2) is 3.88. The molecule has 0 amide bonds. The van der Waals surface area contributed by atoms with Gasteiger partial charge in [-0.1, -0.05) is 50.8 Å². The minimum atomic E-state index is -0.316. The molecule has 0 N–H and O–H groups in total. The monoisotopic (exact) mass is 386 g/mol. The third-order valence-corrected chi connectivity index (χ3v) is 9.17. The molecule has 4 aliphatic rings. The van der Waals surface area contributed by atoms with Crippen LogP contribution in [0.1, 0.15) is 19.8 Å². The summed E-state index contributed by atoms with van der Waals surface area (Å²) in [4.78, 5) is 0. The molecule has 3 saturated heterocycles. The summed E-state index contributed by atoms with van der Waals surface area (Å²) < 4.78 is 12.1. The number of halogens is 2. The molecule has 1 saturated carbocycles. The quantitative estimate of drug-likeness (QED) is 0.534. The summed E-state index contributed by atoms with van der Waals surface area (Å²) in [5.41, 5.74) is 0. The summed E-state index contributed by atoms with van der Waals surface area (Å²) in [5, 5.41) is 0. The topological polar surface area (TPSA) is 18.5 Å². The van der Waals surface area contributed by atoms with Gasteiger partial charge >= 0.3 is 0 Å². The minimum absolute atomic E-state index is 0.0991. The van der Waals surface area contributed by atoms with E-state index in [1.807, 2.05) is 6.08 Å². The highest BCUT2D eigenvalue weighted by atomic mass is 79.9. The average Bonchev–Trinajstić information content (AvgIpc) is 3.03. The Hall–Kier alpha value is 0.180. The Bertz CT molecular complexity index is 497. The van der Waals surface area contributed by atoms with E-state index in [2.05, 4.69) is 50.8 Å². The maximum absolute atomic E-state index is 6.39. The second-order valence-corrected chi connectivity index (χ2v) is 8.64. The van der Waals surface area contributed by atoms with Crippen molar-refractivity contribution < 1.29 is 9.47 Å². The van der Waals surface area contributed by atoms with Crippen molar-refractivity contribution in [1.82, 2.24) is 0 Å². The van der Waals surface area contributed by atoms with Crippen LogP contribution >= 0.6 is 31.9 Å². The van der Waals surface area contributed by atoms with Crippen LogP contribution < -0.4 is 0 Å². The number of fused-ring (bicyclic) bond motifs is 2. The summed E-state index contributed by atoms with van der Waals surface area (Å²) in [7, 11) is 0. The second-order valence-electron chi connectivity index (χ2n) is 6.05. The molecule has 4 heteroatoms. The van der Waals surface area contributed by atoms with Gasteiger partial charge in [-0.05, 0) is 12.5 Å². The van der Waals surface area contributed by atoms with Crippen LogP contribution in [0.4, 0.5) is 0 Å². The van der Waals surface area contributed by atoms with Crippen LogP contribution in [0.5, 0.6) is 0 Å². The highest BCUT2D eigenvalue weighted by molar-refractivity contribution is 9.13. The van der Waals surface area contributed by atoms with Gasteiger partial charge in [-0.25, -0.2) is 0 Å². The standard InChI is InChI=1S/C15H16Br2O2/c1-3-5-6-8-11-9-7-10-13(18-9)12(11)15(17,19-10)14(8,16)4-2/h1,5-6,8-13H,4,7H2,2H3/b6-5-/t8-,9?,10?,11?,12?,13?,14-,15-/m0/s1. The van der Waals surface area contributed by atoms with Crippen LogP contribution in [0.2, 0.25) is 0 Å². The van der Waals surface area contributed by atoms with Crippen LogP contribution in [-0.4, -0.2) is 27.1 Å². The zero-order chi connectivity index (χ0) is 13.4. The minimum Gasteiger partial charge on any atom is -0.371 e. The maximum Gasteiger partial charge on any atom is 0.144 e. The summed E-state index contributed by atoms with van der Waals surface area (Å²) in [6.45, 7) is 2.21. The van der Waals surface area contributed by atoms with E-state index in [1.165, 1.54) is 0 Å². The predicted molar refractivity (Wildman–Crippen MR) is 80.2 cm³/mol. The van der Waals surface area contributed by atoms with Crippen molar-refractivity contribution in [2.45, 2.75) is 46.9 Å². The maximum atomic E-state index is 6.39. The number of allylic oxidation sites excluding steroid dienone is 2. The molecule has 2 bridgehead atoms. The summed E-state index contributed by atoms with van der Waals surface area (Å²) >= 11 is 7.95. The molecule has 0 radical (unpaired) electrons. The van der Waals surface area contributed by atoms with Crippen molar-refractivity contribution in [1.29, 1.82) is 0 Å². The van der Waals surface area contributed by atoms with Gasteiger partial charge in [0.2, 0.25) is 0 Å². The van der Waals surface area contributed by atoms with E-state index in [4.69, 9.17) is 15.9 Å². The van der Waals surface area contributed by atoms with Crippen LogP contribution in [0, 0.1) is 30.1 Å². The molecule has 1 aliphatic carbocycles. The lowest BCUT2D eigenvalue weighted by molar-refractivity contribution is 0.000337. The molecule has 19 heavy (non-hydrogen) atoms. The first kappa shape index (κ1) is 12.9. The zero-order valence-corrected chi connectivity index (χ0v) is 13.9. The van der Waals surface area contributed by atoms with Crippen molar-refractivity contribution in [3.05, 3.63) is 12.2 Å². The lowest BCUT2D eigenvalue weighted by Gasteiger charge is -2.40. The van der Waals surface area contributed by atoms with Crippen molar-refractivity contribution in [3.8, 4) is 12.3 Å². The van der Waals surface area contributed by atoms with Crippen molar-refractivity contribution >= 4 is 31.9 Å². The van der Waals surface area contributed by atoms with Gasteiger partial charge in [0, 0.05) is 24.2 Å². The molecule has 8 atom stereocenters. The highest BCUT2D eigenvalue weighted by Crippen LogP contribution is 2.73. The Morgan fingerprint density at radius 1 is 1.42 bits per heavy atom. The molecular weight excluding hydrogens is 372 g/mol. The fourth-order valence-electron chi connectivity index (χ4n) is 4.87. The molecule has 102 valence electrons. The molecule has 4 rings (SSSR count). The number of hydrogen-bond acceptors (Lipinski definition) is 2. The Morgan fingerprint density at radius 3 is 2.89 bits per heavy atom. The molecule has 3 aliphatic heterocycles. The molecule has 4 fully saturated rings. The van der Waals surface area contributed by atoms with E-state index in [0.717, 1.165) is 12.8 Å². The third-order valence-electron chi connectivity index (χ3n) is 5.54. The predicted octanol–water partition coefficient (Wildman–Crippen LogP) is 3.24. The van der Waals surface area contributed by atoms with Crippen LogP contribution in [-0.2, 0) is 9.47 Å². The van der Waals surface area contributed by atoms with E-state index in [9.17, 15) is 0 Å². The first-order valence-corrected chi connectivity index (χ1v) is 8.49. The third kappa shape index (κ3) is 1.27. The van der Waals surface area contributed by atoms with Crippen LogP contribution in [0.3, 0.4) is 0 Å². The largest absolute Gasteiger partial charge is 0.371 e. The first-order valence-electron chi connectivity index (χ1n) is 6.90. The van der Waals surface area contributed by atoms with Gasteiger partial charge in [0.25, 0.3) is 0 Å². The van der Waals surface area contributed by atoms with E-state index >= 15 is 0 Å². The van der Waals surface area contributed by atoms with Gasteiger partial charge in [-0.2, -0.15) is 0 Å². The van der Waals surface area contributed by atoms with Gasteiger partial charge in [0.05, 0.1) is 22.6 Å². The van der Waals surface area contributed by atoms with Crippen molar-refractivity contribution in [2.75, 3.05) is 0 Å². The van der Waals surface area contributed by atoms with E-state index in [0.29, 0.717) is 23.9 Å². The fraction of sp³-hybridized carbons (Fsp3) is 0.733. The lowest BCUT2D eigenvalue weighted by atomic mass is 9.77. The van der Waals surface area contributed by atoms with Crippen LogP contribution in [0.25, 0.3) is 0 Å². The number of hydrogen-bond donors (Lipinski definition) is 0. The molecule has 0 spiro atoms. The summed E-state index contributed by atoms with van der Waals surface area (Å²) in [6.07, 6.45) is 12.3. The summed E-state index contributed by atoms with van der Waals surface area (Å²) in [5.74, 6) is 3.92. The van der Waals surface area contributed by atoms with Crippen molar-refractivity contribution in [2.24, 2.45) is 17.8 Å². The SMILES string of the molecule is C#C/C=C\[C@H]1C2C3CC4O[C@@](Br)(C2C4O3)[C@]1(Br)CC. The van der Waals surface area contributed by atoms with Crippen LogP contribution in [0.15, 0.2) is 12.2 Å². The molecule has 0 aromatic heterocycles. The molecule has 0 aromatic carbocycles. The summed E-state index contributed by atoms with van der Waals surface area (Å²) in [6, 6.07) is 0. The van der Waals surface area contributed by atoms with Crippen molar-refractivity contribution in [3.63, 3.8) is 0 Å². The van der Waals surface area contributed by atoms with Gasteiger partial charge < -0.3 is 9.47 Å². The van der Waals surface area contributed by atoms with E-state index < -0.39 is 0 Å². The Labute approximate surface area is 130 Å². The van der Waals surface area contributed by atoms with E-state index in [-0.39, 0.29) is 21.0 Å². The number of rotatable bonds is 2. The fourth-order valence-corrected chi connectivity index (χ4v) is 7.04. The molecule has 0 aromatic rings. The smallest absolute Gasteiger partial charge is 0.144 e. The number of terminal acetylenes is 1.